The van der Waals surface area contributed by atoms with Gasteiger partial charge in [-0.3, -0.25) is 4.79 Å². The fraction of sp³-hybridized carbons (Fsp3) is 0.167. The van der Waals surface area contributed by atoms with Gasteiger partial charge in [0.1, 0.15) is 5.57 Å². The lowest BCUT2D eigenvalue weighted by atomic mass is 10.1. The largest absolute Gasteiger partial charge is 0.477 e. The molecule has 1 aliphatic heterocycles. The lowest BCUT2D eigenvalue weighted by molar-refractivity contribution is -0.132. The van der Waals surface area contributed by atoms with Crippen molar-refractivity contribution in [2.75, 3.05) is 14.1 Å². The maximum atomic E-state index is 12.0. The van der Waals surface area contributed by atoms with Crippen LogP contribution in [0.25, 0.3) is 11.8 Å². The topological polar surface area (TPSA) is 106 Å². The maximum Gasteiger partial charge on any atom is 0.342 e. The summed E-state index contributed by atoms with van der Waals surface area (Å²) >= 11 is 0. The minimum atomic E-state index is -3.63. The molecule has 1 heterocycles. The van der Waals surface area contributed by atoms with Crippen LogP contribution < -0.4 is 15.8 Å². The van der Waals surface area contributed by atoms with Crippen molar-refractivity contribution in [3.63, 3.8) is 0 Å². The van der Waals surface area contributed by atoms with Gasteiger partial charge in [-0.1, -0.05) is 6.07 Å². The zero-order valence-electron chi connectivity index (χ0n) is 10.7. The fourth-order valence-corrected chi connectivity index (χ4v) is 2.70. The molecule has 0 unspecified atom stereocenters. The molecule has 1 amide bonds. The van der Waals surface area contributed by atoms with Gasteiger partial charge in [0, 0.05) is 30.7 Å². The summed E-state index contributed by atoms with van der Waals surface area (Å²) in [4.78, 5) is 22.5. The number of carboxylic acids is 1. The minimum absolute atomic E-state index is 0.00628. The Labute approximate surface area is 114 Å². The molecule has 1 N–H and O–H groups in total. The molecule has 0 saturated carbocycles. The number of sulfonamides is 1. The van der Waals surface area contributed by atoms with Crippen LogP contribution in [-0.2, 0) is 19.6 Å². The monoisotopic (exact) mass is 295 g/mol. The van der Waals surface area contributed by atoms with Crippen molar-refractivity contribution < 1.29 is 23.1 Å². The first-order valence-electron chi connectivity index (χ1n) is 5.50. The van der Waals surface area contributed by atoms with E-state index in [0.29, 0.717) is 0 Å². The number of carbonyl (C=O) groups excluding carboxylic acids is 1. The normalized spacial score (nSPS) is 14.6. The Morgan fingerprint density at radius 2 is 1.95 bits per heavy atom. The van der Waals surface area contributed by atoms with Crippen molar-refractivity contribution in [3.8, 4) is 0 Å². The third kappa shape index (κ3) is 2.19. The van der Waals surface area contributed by atoms with Crippen LogP contribution >= 0.6 is 0 Å². The van der Waals surface area contributed by atoms with E-state index in [4.69, 9.17) is 5.11 Å². The number of hydrogen-bond acceptors (Lipinski definition) is 4. The highest BCUT2D eigenvalue weighted by molar-refractivity contribution is 7.89. The average molecular weight is 295 g/mol. The highest BCUT2D eigenvalue weighted by Crippen LogP contribution is 2.09. The van der Waals surface area contributed by atoms with Crippen molar-refractivity contribution in [1.82, 2.24) is 9.62 Å². The summed E-state index contributed by atoms with van der Waals surface area (Å²) in [6.45, 7) is 0. The molecule has 1 radical (unpaired) electrons. The van der Waals surface area contributed by atoms with E-state index in [1.807, 2.05) is 0 Å². The number of nitrogens with zero attached hydrogens (tertiary/aromatic N) is 2. The molecule has 0 saturated heterocycles. The Kier molecular flexibility index (Phi) is 3.36. The molecule has 7 nitrogen and oxygen atoms in total. The van der Waals surface area contributed by atoms with Gasteiger partial charge in [-0.05, 0) is 12.1 Å². The number of hydrogen-bond donors (Lipinski definition) is 1. The SMILES string of the molecule is CN(C)S(=O)(=O)c1ccc2c(c1)=C[N]C(=O)C=2C(=O)O. The Morgan fingerprint density at radius 3 is 2.50 bits per heavy atom. The Hall–Kier alpha value is -2.19. The van der Waals surface area contributed by atoms with Crippen LogP contribution in [0.1, 0.15) is 0 Å². The summed E-state index contributed by atoms with van der Waals surface area (Å²) < 4.78 is 25.0. The molecule has 0 spiro atoms. The molecule has 8 heteroatoms. The molecule has 1 aromatic rings. The molecule has 0 atom stereocenters. The van der Waals surface area contributed by atoms with Crippen LogP contribution in [0.5, 0.6) is 0 Å². The Morgan fingerprint density at radius 1 is 1.30 bits per heavy atom. The molecular weight excluding hydrogens is 284 g/mol. The Balaban J connectivity index is 2.79. The zero-order valence-corrected chi connectivity index (χ0v) is 11.5. The first-order valence-corrected chi connectivity index (χ1v) is 6.94. The van der Waals surface area contributed by atoms with Gasteiger partial charge in [-0.15, -0.1) is 0 Å². The fourth-order valence-electron chi connectivity index (χ4n) is 1.76. The molecule has 0 fully saturated rings. The van der Waals surface area contributed by atoms with Crippen molar-refractivity contribution in [2.45, 2.75) is 4.90 Å². The lowest BCUT2D eigenvalue weighted by Crippen LogP contribution is -2.40. The van der Waals surface area contributed by atoms with Crippen molar-refractivity contribution >= 4 is 33.7 Å². The third-order valence-corrected chi connectivity index (χ3v) is 4.63. The summed E-state index contributed by atoms with van der Waals surface area (Å²) in [6.07, 6.45) is 1.17. The lowest BCUT2D eigenvalue weighted by Gasteiger charge is -2.12. The number of carbonyl (C=O) groups is 2. The number of rotatable bonds is 3. The van der Waals surface area contributed by atoms with E-state index in [0.717, 1.165) is 4.31 Å². The van der Waals surface area contributed by atoms with Gasteiger partial charge in [-0.2, -0.15) is 0 Å². The van der Waals surface area contributed by atoms with Crippen LogP contribution in [0.4, 0.5) is 0 Å². The van der Waals surface area contributed by atoms with Crippen molar-refractivity contribution in [2.24, 2.45) is 0 Å². The summed E-state index contributed by atoms with van der Waals surface area (Å²) in [5.74, 6) is -2.25. The van der Waals surface area contributed by atoms with Gasteiger partial charge < -0.3 is 5.11 Å². The highest BCUT2D eigenvalue weighted by Gasteiger charge is 2.23. The van der Waals surface area contributed by atoms with Gasteiger partial charge in [0.25, 0.3) is 5.91 Å². The van der Waals surface area contributed by atoms with E-state index >= 15 is 0 Å². The van der Waals surface area contributed by atoms with E-state index in [2.05, 4.69) is 5.32 Å². The second-order valence-electron chi connectivity index (χ2n) is 4.28. The molecular formula is C12H11N2O5S. The second kappa shape index (κ2) is 4.73. The van der Waals surface area contributed by atoms with E-state index in [1.54, 1.807) is 0 Å². The van der Waals surface area contributed by atoms with Crippen LogP contribution in [0, 0.1) is 0 Å². The minimum Gasteiger partial charge on any atom is -0.477 e. The molecule has 1 aliphatic rings. The van der Waals surface area contributed by atoms with Gasteiger partial charge in [0.05, 0.1) is 4.90 Å². The standard InChI is InChI=1S/C12H11N2O5S/c1-14(2)20(18,19)8-3-4-9-7(5-8)6-13-11(15)10(9)12(16)17/h3-6H,1-2H3,(H,16,17). The summed E-state index contributed by atoms with van der Waals surface area (Å²) in [5.41, 5.74) is -0.462. The van der Waals surface area contributed by atoms with E-state index in [9.17, 15) is 18.0 Å². The van der Waals surface area contributed by atoms with Gasteiger partial charge in [-0.25, -0.2) is 22.8 Å². The number of amides is 1. The highest BCUT2D eigenvalue weighted by atomic mass is 32.2. The molecule has 0 aliphatic carbocycles. The Bertz CT molecular complexity index is 824. The molecule has 105 valence electrons. The van der Waals surface area contributed by atoms with Crippen LogP contribution in [0.15, 0.2) is 23.1 Å². The maximum absolute atomic E-state index is 12.0. The van der Waals surface area contributed by atoms with Crippen LogP contribution in [0.3, 0.4) is 0 Å². The van der Waals surface area contributed by atoms with Crippen LogP contribution in [-0.4, -0.2) is 43.8 Å². The predicted octanol–water partition coefficient (Wildman–Crippen LogP) is -1.95. The number of carboxylic acid groups (broad SMARTS) is 1. The van der Waals surface area contributed by atoms with Gasteiger partial charge in [0.2, 0.25) is 10.0 Å². The van der Waals surface area contributed by atoms with Crippen molar-refractivity contribution in [1.29, 1.82) is 0 Å². The van der Waals surface area contributed by atoms with E-state index in [-0.39, 0.29) is 15.3 Å². The molecule has 0 bridgehead atoms. The molecule has 0 aromatic heterocycles. The molecule has 20 heavy (non-hydrogen) atoms. The number of aliphatic carboxylic acids is 1. The summed E-state index contributed by atoms with van der Waals surface area (Å²) in [7, 11) is -0.851. The summed E-state index contributed by atoms with van der Waals surface area (Å²) in [5, 5.41) is 12.9. The molecule has 1 aromatic carbocycles. The number of benzene rings is 1. The summed E-state index contributed by atoms with van der Waals surface area (Å²) in [6, 6.07) is 3.87. The predicted molar refractivity (Wildman–Crippen MR) is 69.2 cm³/mol. The van der Waals surface area contributed by atoms with Crippen molar-refractivity contribution in [3.05, 3.63) is 28.6 Å². The number of fused-ring (bicyclic) bond motifs is 1. The van der Waals surface area contributed by atoms with E-state index < -0.39 is 27.5 Å². The zero-order chi connectivity index (χ0) is 15.1. The smallest absolute Gasteiger partial charge is 0.342 e. The first kappa shape index (κ1) is 14.2. The third-order valence-electron chi connectivity index (χ3n) is 2.82. The van der Waals surface area contributed by atoms with E-state index in [1.165, 1.54) is 38.5 Å². The van der Waals surface area contributed by atoms with Crippen LogP contribution in [0.2, 0.25) is 0 Å². The van der Waals surface area contributed by atoms with Gasteiger partial charge >= 0.3 is 5.97 Å². The average Bonchev–Trinajstić information content (AvgIpc) is 2.37. The first-order chi connectivity index (χ1) is 9.25. The van der Waals surface area contributed by atoms with Gasteiger partial charge in [0.15, 0.2) is 0 Å². The quantitative estimate of drug-likeness (QED) is 0.698. The second-order valence-corrected chi connectivity index (χ2v) is 6.43. The molecule has 2 rings (SSSR count).